The highest BCUT2D eigenvalue weighted by Gasteiger charge is 2.31. The SMILES string of the molecule is CCc1c(C(=O)NCCOC)ccc2nn(CC3CCN(C(=O)c4ccc(OC(F)(F)F)cc4)CC3)cc12. The number of carbonyl (C=O) groups is 2. The Labute approximate surface area is 218 Å². The van der Waals surface area contributed by atoms with Crippen molar-refractivity contribution in [3.05, 3.63) is 59.3 Å². The predicted octanol–water partition coefficient (Wildman–Crippen LogP) is 4.43. The Bertz CT molecular complexity index is 1270. The summed E-state index contributed by atoms with van der Waals surface area (Å²) in [5, 5.41) is 8.55. The van der Waals surface area contributed by atoms with Gasteiger partial charge in [-0.2, -0.15) is 5.10 Å². The minimum atomic E-state index is -4.77. The number of amides is 2. The van der Waals surface area contributed by atoms with Gasteiger partial charge >= 0.3 is 6.36 Å². The monoisotopic (exact) mass is 532 g/mol. The molecule has 2 heterocycles. The van der Waals surface area contributed by atoms with E-state index < -0.39 is 6.36 Å². The van der Waals surface area contributed by atoms with Crippen molar-refractivity contribution in [2.24, 2.45) is 5.92 Å². The van der Waals surface area contributed by atoms with Crippen LogP contribution < -0.4 is 10.1 Å². The zero-order chi connectivity index (χ0) is 27.3. The Kier molecular flexibility index (Phi) is 8.55. The summed E-state index contributed by atoms with van der Waals surface area (Å²) >= 11 is 0. The second-order valence-corrected chi connectivity index (χ2v) is 9.29. The van der Waals surface area contributed by atoms with Crippen LogP contribution in [0.1, 0.15) is 46.0 Å². The highest BCUT2D eigenvalue weighted by Crippen LogP contribution is 2.27. The van der Waals surface area contributed by atoms with Gasteiger partial charge in [-0.3, -0.25) is 14.3 Å². The van der Waals surface area contributed by atoms with Crippen LogP contribution in [0.3, 0.4) is 0 Å². The van der Waals surface area contributed by atoms with Gasteiger partial charge in [-0.05, 0) is 67.1 Å². The van der Waals surface area contributed by atoms with E-state index in [9.17, 15) is 22.8 Å². The molecule has 38 heavy (non-hydrogen) atoms. The summed E-state index contributed by atoms with van der Waals surface area (Å²) in [6, 6.07) is 8.67. The quantitative estimate of drug-likeness (QED) is 0.413. The van der Waals surface area contributed by atoms with Crippen molar-refractivity contribution >= 4 is 22.7 Å². The van der Waals surface area contributed by atoms with Crippen LogP contribution in [0.25, 0.3) is 10.9 Å². The number of nitrogens with one attached hydrogen (secondary N) is 1. The molecular weight excluding hydrogens is 501 g/mol. The number of hydrogen-bond acceptors (Lipinski definition) is 5. The van der Waals surface area contributed by atoms with E-state index in [1.807, 2.05) is 29.9 Å². The number of hydrogen-bond donors (Lipinski definition) is 1. The molecule has 1 fully saturated rings. The molecule has 11 heteroatoms. The van der Waals surface area contributed by atoms with E-state index in [4.69, 9.17) is 9.84 Å². The Balaban J connectivity index is 1.36. The summed E-state index contributed by atoms with van der Waals surface area (Å²) in [6.45, 7) is 4.70. The number of aromatic nitrogens is 2. The number of aryl methyl sites for hydroxylation is 1. The number of benzene rings is 2. The molecule has 0 saturated carbocycles. The minimum Gasteiger partial charge on any atom is -0.406 e. The lowest BCUT2D eigenvalue weighted by Gasteiger charge is -2.32. The van der Waals surface area contributed by atoms with Crippen molar-refractivity contribution < 1.29 is 32.2 Å². The van der Waals surface area contributed by atoms with E-state index in [0.29, 0.717) is 56.3 Å². The molecule has 0 unspecified atom stereocenters. The summed E-state index contributed by atoms with van der Waals surface area (Å²) in [6.07, 6.45) is -0.523. The fraction of sp³-hybridized carbons (Fsp3) is 0.444. The number of rotatable bonds is 9. The van der Waals surface area contributed by atoms with Crippen molar-refractivity contribution in [3.8, 4) is 5.75 Å². The van der Waals surface area contributed by atoms with Crippen molar-refractivity contribution in [2.45, 2.75) is 39.1 Å². The maximum Gasteiger partial charge on any atom is 0.573 e. The number of alkyl halides is 3. The lowest BCUT2D eigenvalue weighted by Crippen LogP contribution is -2.39. The number of nitrogens with zero attached hydrogens (tertiary/aromatic N) is 3. The predicted molar refractivity (Wildman–Crippen MR) is 135 cm³/mol. The first-order valence-corrected chi connectivity index (χ1v) is 12.6. The van der Waals surface area contributed by atoms with Gasteiger partial charge in [0.25, 0.3) is 11.8 Å². The van der Waals surface area contributed by atoms with Gasteiger partial charge in [0.15, 0.2) is 0 Å². The summed E-state index contributed by atoms with van der Waals surface area (Å²) < 4.78 is 47.9. The number of fused-ring (bicyclic) bond motifs is 1. The Hall–Kier alpha value is -3.60. The van der Waals surface area contributed by atoms with Gasteiger partial charge in [-0.15, -0.1) is 13.2 Å². The summed E-state index contributed by atoms with van der Waals surface area (Å²) in [5.41, 5.74) is 2.75. The van der Waals surface area contributed by atoms with Gasteiger partial charge in [-0.1, -0.05) is 6.92 Å². The Morgan fingerprint density at radius 2 is 1.82 bits per heavy atom. The molecule has 0 bridgehead atoms. The molecule has 0 radical (unpaired) electrons. The van der Waals surface area contributed by atoms with Crippen LogP contribution in [0.15, 0.2) is 42.6 Å². The number of carbonyl (C=O) groups excluding carboxylic acids is 2. The maximum absolute atomic E-state index is 12.8. The molecule has 0 spiro atoms. The van der Waals surface area contributed by atoms with Gasteiger partial charge in [0.2, 0.25) is 0 Å². The molecule has 1 N–H and O–H groups in total. The smallest absolute Gasteiger partial charge is 0.406 e. The van der Waals surface area contributed by atoms with Gasteiger partial charge < -0.3 is 19.7 Å². The molecule has 3 aromatic rings. The summed E-state index contributed by atoms with van der Waals surface area (Å²) in [4.78, 5) is 27.2. The second-order valence-electron chi connectivity index (χ2n) is 9.29. The lowest BCUT2D eigenvalue weighted by atomic mass is 9.96. The summed E-state index contributed by atoms with van der Waals surface area (Å²) in [7, 11) is 1.59. The number of halogens is 3. The van der Waals surface area contributed by atoms with Crippen LogP contribution in [0.4, 0.5) is 13.2 Å². The summed E-state index contributed by atoms with van der Waals surface area (Å²) in [5.74, 6) is -0.383. The number of ether oxygens (including phenoxy) is 2. The van der Waals surface area contributed by atoms with E-state index in [1.165, 1.54) is 12.1 Å². The van der Waals surface area contributed by atoms with Crippen LogP contribution in [0, 0.1) is 5.92 Å². The molecule has 0 atom stereocenters. The molecule has 1 aliphatic heterocycles. The topological polar surface area (TPSA) is 85.7 Å². The van der Waals surface area contributed by atoms with Gasteiger partial charge in [-0.25, -0.2) is 0 Å². The zero-order valence-electron chi connectivity index (χ0n) is 21.4. The number of likely N-dealkylation sites (tertiary alicyclic amines) is 1. The van der Waals surface area contributed by atoms with Crippen molar-refractivity contribution in [1.29, 1.82) is 0 Å². The average Bonchev–Trinajstić information content (AvgIpc) is 3.30. The van der Waals surface area contributed by atoms with Gasteiger partial charge in [0, 0.05) is 56.0 Å². The Morgan fingerprint density at radius 3 is 2.45 bits per heavy atom. The average molecular weight is 533 g/mol. The van der Waals surface area contributed by atoms with Crippen LogP contribution in [-0.4, -0.2) is 66.2 Å². The third-order valence-corrected chi connectivity index (χ3v) is 6.72. The molecule has 2 aromatic carbocycles. The van der Waals surface area contributed by atoms with Crippen molar-refractivity contribution in [2.75, 3.05) is 33.4 Å². The van der Waals surface area contributed by atoms with Crippen molar-refractivity contribution in [3.63, 3.8) is 0 Å². The van der Waals surface area contributed by atoms with Crippen LogP contribution in [0.2, 0.25) is 0 Å². The van der Waals surface area contributed by atoms with Crippen LogP contribution in [0.5, 0.6) is 5.75 Å². The largest absolute Gasteiger partial charge is 0.573 e. The minimum absolute atomic E-state index is 0.131. The van der Waals surface area contributed by atoms with Gasteiger partial charge in [0.1, 0.15) is 5.75 Å². The molecule has 1 saturated heterocycles. The van der Waals surface area contributed by atoms with E-state index >= 15 is 0 Å². The third-order valence-electron chi connectivity index (χ3n) is 6.72. The molecule has 8 nitrogen and oxygen atoms in total. The Morgan fingerprint density at radius 1 is 1.11 bits per heavy atom. The van der Waals surface area contributed by atoms with Crippen molar-refractivity contribution in [1.82, 2.24) is 20.0 Å². The first-order chi connectivity index (χ1) is 18.2. The first-order valence-electron chi connectivity index (χ1n) is 12.6. The molecule has 2 amide bonds. The lowest BCUT2D eigenvalue weighted by molar-refractivity contribution is -0.274. The highest BCUT2D eigenvalue weighted by atomic mass is 19.4. The second kappa shape index (κ2) is 11.8. The van der Waals surface area contributed by atoms with E-state index in [0.717, 1.165) is 41.4 Å². The standard InChI is InChI=1S/C27H31F3N4O4/c1-3-21-22(25(35)31-12-15-37-2)8-9-24-23(21)17-34(32-24)16-18-10-13-33(14-11-18)26(36)19-4-6-20(7-5-19)38-27(28,29)30/h4-9,17-18H,3,10-16H2,1-2H3,(H,31,35). The van der Waals surface area contributed by atoms with Crippen LogP contribution >= 0.6 is 0 Å². The third kappa shape index (κ3) is 6.63. The molecule has 0 aliphatic carbocycles. The fourth-order valence-electron chi connectivity index (χ4n) is 4.81. The first kappa shape index (κ1) is 27.4. The normalized spacial score (nSPS) is 14.6. The molecule has 204 valence electrons. The highest BCUT2D eigenvalue weighted by molar-refractivity contribution is 6.00. The molecule has 1 aliphatic rings. The molecule has 4 rings (SSSR count). The fourth-order valence-corrected chi connectivity index (χ4v) is 4.81. The zero-order valence-corrected chi connectivity index (χ0v) is 21.4. The number of methoxy groups -OCH3 is 1. The van der Waals surface area contributed by atoms with Gasteiger partial charge in [0.05, 0.1) is 12.1 Å². The number of piperidine rings is 1. The van der Waals surface area contributed by atoms with E-state index in [1.54, 1.807) is 12.0 Å². The molecule has 1 aromatic heterocycles. The van der Waals surface area contributed by atoms with E-state index in [-0.39, 0.29) is 17.6 Å². The van der Waals surface area contributed by atoms with E-state index in [2.05, 4.69) is 10.1 Å². The molecular formula is C27H31F3N4O4. The van der Waals surface area contributed by atoms with Crippen LogP contribution in [-0.2, 0) is 17.7 Å². The maximum atomic E-state index is 12.8.